The molecule has 0 bridgehead atoms. The zero-order chi connectivity index (χ0) is 12.5. The molecule has 3 aromatic rings. The van der Waals surface area contributed by atoms with Crippen molar-refractivity contribution in [3.8, 4) is 16.9 Å². The second kappa shape index (κ2) is 4.03. The van der Waals surface area contributed by atoms with Gasteiger partial charge in [0.15, 0.2) is 5.65 Å². The fourth-order valence-corrected chi connectivity index (χ4v) is 1.85. The van der Waals surface area contributed by atoms with E-state index in [0.29, 0.717) is 5.82 Å². The molecule has 90 valence electrons. The summed E-state index contributed by atoms with van der Waals surface area (Å²) in [6.07, 6.45) is 3.69. The maximum absolute atomic E-state index is 5.63. The van der Waals surface area contributed by atoms with E-state index in [-0.39, 0.29) is 0 Å². The van der Waals surface area contributed by atoms with Crippen molar-refractivity contribution in [2.75, 3.05) is 12.8 Å². The second-order valence-corrected chi connectivity index (χ2v) is 3.95. The topological polar surface area (TPSA) is 65.4 Å². The first kappa shape index (κ1) is 10.6. The molecule has 2 N–H and O–H groups in total. The highest BCUT2D eigenvalue weighted by Gasteiger charge is 2.04. The molecule has 0 amide bonds. The van der Waals surface area contributed by atoms with E-state index in [1.165, 1.54) is 0 Å². The predicted molar refractivity (Wildman–Crippen MR) is 69.4 cm³/mol. The molecule has 0 saturated heterocycles. The first-order valence-corrected chi connectivity index (χ1v) is 5.51. The van der Waals surface area contributed by atoms with Crippen LogP contribution in [0, 0.1) is 0 Å². The maximum Gasteiger partial charge on any atom is 0.157 e. The van der Waals surface area contributed by atoms with Gasteiger partial charge in [0.2, 0.25) is 0 Å². The lowest BCUT2D eigenvalue weighted by Crippen LogP contribution is -1.92. The van der Waals surface area contributed by atoms with Crippen LogP contribution in [0.1, 0.15) is 0 Å². The summed E-state index contributed by atoms with van der Waals surface area (Å²) in [5.74, 6) is 1.28. The Bertz CT molecular complexity index is 705. The summed E-state index contributed by atoms with van der Waals surface area (Å²) < 4.78 is 6.88. The Morgan fingerprint density at radius 3 is 2.94 bits per heavy atom. The molecule has 18 heavy (non-hydrogen) atoms. The van der Waals surface area contributed by atoms with E-state index >= 15 is 0 Å². The van der Waals surface area contributed by atoms with Crippen molar-refractivity contribution in [2.45, 2.75) is 0 Å². The van der Waals surface area contributed by atoms with Gasteiger partial charge in [-0.2, -0.15) is 0 Å². The number of fused-ring (bicyclic) bond motifs is 1. The van der Waals surface area contributed by atoms with E-state index in [1.54, 1.807) is 23.9 Å². The Kier molecular flexibility index (Phi) is 2.37. The molecular formula is C13H12N4O. The molecule has 1 aromatic carbocycles. The van der Waals surface area contributed by atoms with Crippen molar-refractivity contribution in [3.05, 3.63) is 42.7 Å². The third-order valence-electron chi connectivity index (χ3n) is 2.74. The molecule has 0 atom stereocenters. The molecule has 0 spiro atoms. The van der Waals surface area contributed by atoms with Crippen LogP contribution in [0.3, 0.4) is 0 Å². The van der Waals surface area contributed by atoms with E-state index < -0.39 is 0 Å². The lowest BCUT2D eigenvalue weighted by Gasteiger charge is -2.04. The monoisotopic (exact) mass is 240 g/mol. The number of nitrogen functional groups attached to an aromatic ring is 1. The van der Waals surface area contributed by atoms with E-state index in [2.05, 4.69) is 10.1 Å². The Morgan fingerprint density at radius 2 is 2.11 bits per heavy atom. The summed E-state index contributed by atoms with van der Waals surface area (Å²) in [6, 6.07) is 9.53. The van der Waals surface area contributed by atoms with Crippen LogP contribution in [0.2, 0.25) is 0 Å². The molecule has 5 nitrogen and oxygen atoms in total. The standard InChI is InChI=1S/C13H12N4O/c1-18-11-4-2-3-9(5-11)10-7-15-13-6-12(14)16-17(13)8-10/h2-8H,1H3,(H2,14,16). The van der Waals surface area contributed by atoms with Gasteiger partial charge in [0, 0.05) is 24.0 Å². The number of anilines is 1. The number of nitrogens with two attached hydrogens (primary N) is 1. The van der Waals surface area contributed by atoms with Crippen LogP contribution in [0.5, 0.6) is 5.75 Å². The Balaban J connectivity index is 2.12. The number of aromatic nitrogens is 3. The number of ether oxygens (including phenoxy) is 1. The van der Waals surface area contributed by atoms with Crippen molar-refractivity contribution in [1.82, 2.24) is 14.6 Å². The molecule has 3 rings (SSSR count). The smallest absolute Gasteiger partial charge is 0.157 e. The van der Waals surface area contributed by atoms with E-state index in [1.807, 2.05) is 30.5 Å². The minimum atomic E-state index is 0.463. The average molecular weight is 240 g/mol. The van der Waals surface area contributed by atoms with Crippen LogP contribution in [0.25, 0.3) is 16.8 Å². The molecule has 0 aliphatic rings. The minimum Gasteiger partial charge on any atom is -0.497 e. The number of hydrogen-bond donors (Lipinski definition) is 1. The zero-order valence-electron chi connectivity index (χ0n) is 9.87. The summed E-state index contributed by atoms with van der Waals surface area (Å²) in [5.41, 5.74) is 8.36. The zero-order valence-corrected chi connectivity index (χ0v) is 9.87. The van der Waals surface area contributed by atoms with Crippen LogP contribution in [-0.2, 0) is 0 Å². The fraction of sp³-hybridized carbons (Fsp3) is 0.0769. The molecule has 0 aliphatic carbocycles. The normalized spacial score (nSPS) is 10.7. The lowest BCUT2D eigenvalue weighted by atomic mass is 10.1. The van der Waals surface area contributed by atoms with E-state index in [9.17, 15) is 0 Å². The quantitative estimate of drug-likeness (QED) is 0.744. The van der Waals surface area contributed by atoms with Gasteiger partial charge in [-0.3, -0.25) is 0 Å². The number of benzene rings is 1. The van der Waals surface area contributed by atoms with Crippen molar-refractivity contribution in [1.29, 1.82) is 0 Å². The average Bonchev–Trinajstić information content (AvgIpc) is 2.77. The molecule has 2 aromatic heterocycles. The van der Waals surface area contributed by atoms with Gasteiger partial charge in [-0.15, -0.1) is 5.10 Å². The van der Waals surface area contributed by atoms with Gasteiger partial charge in [-0.25, -0.2) is 9.50 Å². The third-order valence-corrected chi connectivity index (χ3v) is 2.74. The summed E-state index contributed by atoms with van der Waals surface area (Å²) >= 11 is 0. The summed E-state index contributed by atoms with van der Waals surface area (Å²) in [7, 11) is 1.65. The van der Waals surface area contributed by atoms with Crippen LogP contribution in [-0.4, -0.2) is 21.7 Å². The minimum absolute atomic E-state index is 0.463. The molecule has 5 heteroatoms. The summed E-state index contributed by atoms with van der Waals surface area (Å²) in [5, 5.41) is 4.14. The Hall–Kier alpha value is -2.56. The molecule has 0 radical (unpaired) electrons. The fourth-order valence-electron chi connectivity index (χ4n) is 1.85. The molecule has 0 fully saturated rings. The SMILES string of the molecule is COc1cccc(-c2cnc3cc(N)nn3c2)c1. The molecule has 0 saturated carbocycles. The Morgan fingerprint density at radius 1 is 1.22 bits per heavy atom. The highest BCUT2D eigenvalue weighted by atomic mass is 16.5. The van der Waals surface area contributed by atoms with Gasteiger partial charge in [0.05, 0.1) is 7.11 Å². The van der Waals surface area contributed by atoms with Gasteiger partial charge in [0.1, 0.15) is 11.6 Å². The molecule has 0 aliphatic heterocycles. The highest BCUT2D eigenvalue weighted by Crippen LogP contribution is 2.23. The first-order chi connectivity index (χ1) is 8.76. The third kappa shape index (κ3) is 1.75. The van der Waals surface area contributed by atoms with Crippen LogP contribution < -0.4 is 10.5 Å². The highest BCUT2D eigenvalue weighted by molar-refractivity contribution is 5.65. The molecule has 2 heterocycles. The predicted octanol–water partition coefficient (Wildman–Crippen LogP) is 1.99. The molecule has 0 unspecified atom stereocenters. The number of hydrogen-bond acceptors (Lipinski definition) is 4. The Labute approximate surface area is 104 Å². The van der Waals surface area contributed by atoms with Crippen molar-refractivity contribution < 1.29 is 4.74 Å². The van der Waals surface area contributed by atoms with Gasteiger partial charge in [-0.1, -0.05) is 12.1 Å². The van der Waals surface area contributed by atoms with Gasteiger partial charge in [0.25, 0.3) is 0 Å². The summed E-state index contributed by atoms with van der Waals surface area (Å²) in [4.78, 5) is 4.31. The van der Waals surface area contributed by atoms with Crippen LogP contribution >= 0.6 is 0 Å². The van der Waals surface area contributed by atoms with E-state index in [4.69, 9.17) is 10.5 Å². The van der Waals surface area contributed by atoms with Crippen molar-refractivity contribution >= 4 is 11.5 Å². The van der Waals surface area contributed by atoms with Crippen LogP contribution in [0.15, 0.2) is 42.7 Å². The van der Waals surface area contributed by atoms with Crippen LogP contribution in [0.4, 0.5) is 5.82 Å². The number of nitrogens with zero attached hydrogens (tertiary/aromatic N) is 3. The van der Waals surface area contributed by atoms with Gasteiger partial charge >= 0.3 is 0 Å². The molecular weight excluding hydrogens is 228 g/mol. The number of rotatable bonds is 2. The summed E-state index contributed by atoms with van der Waals surface area (Å²) in [6.45, 7) is 0. The van der Waals surface area contributed by atoms with Crippen molar-refractivity contribution in [2.24, 2.45) is 0 Å². The van der Waals surface area contributed by atoms with Crippen molar-refractivity contribution in [3.63, 3.8) is 0 Å². The first-order valence-electron chi connectivity index (χ1n) is 5.51. The number of methoxy groups -OCH3 is 1. The van der Waals surface area contributed by atoms with E-state index in [0.717, 1.165) is 22.5 Å². The van der Waals surface area contributed by atoms with Gasteiger partial charge in [-0.05, 0) is 17.7 Å². The largest absolute Gasteiger partial charge is 0.497 e. The lowest BCUT2D eigenvalue weighted by molar-refractivity contribution is 0.415. The van der Waals surface area contributed by atoms with Gasteiger partial charge < -0.3 is 10.5 Å². The second-order valence-electron chi connectivity index (χ2n) is 3.95. The maximum atomic E-state index is 5.63.